The number of benzene rings is 1. The van der Waals surface area contributed by atoms with Crippen LogP contribution in [-0.4, -0.2) is 11.9 Å². The van der Waals surface area contributed by atoms with Gasteiger partial charge in [-0.1, -0.05) is 12.1 Å². The van der Waals surface area contributed by atoms with Crippen LogP contribution in [0.1, 0.15) is 28.4 Å². The lowest BCUT2D eigenvalue weighted by molar-refractivity contribution is 0.0947. The minimum Gasteiger partial charge on any atom is -0.346 e. The van der Waals surface area contributed by atoms with Crippen LogP contribution in [0.15, 0.2) is 30.9 Å². The van der Waals surface area contributed by atoms with Crippen molar-refractivity contribution in [2.75, 3.05) is 0 Å². The average molecular weight is 216 g/mol. The van der Waals surface area contributed by atoms with Crippen LogP contribution < -0.4 is 10.6 Å². The van der Waals surface area contributed by atoms with E-state index in [0.717, 1.165) is 18.7 Å². The molecular weight excluding hydrogens is 200 g/mol. The van der Waals surface area contributed by atoms with E-state index < -0.39 is 0 Å². The number of nitrogens with one attached hydrogen (secondary N) is 2. The van der Waals surface area contributed by atoms with Crippen molar-refractivity contribution in [2.45, 2.75) is 26.1 Å². The van der Waals surface area contributed by atoms with Gasteiger partial charge in [0.25, 0.3) is 5.91 Å². The predicted molar refractivity (Wildman–Crippen MR) is 64.1 cm³/mol. The Balaban J connectivity index is 2.15. The summed E-state index contributed by atoms with van der Waals surface area (Å²) in [6.07, 6.45) is 1.72. The van der Waals surface area contributed by atoms with Crippen LogP contribution in [0.2, 0.25) is 0 Å². The van der Waals surface area contributed by atoms with Crippen LogP contribution in [-0.2, 0) is 13.1 Å². The standard InChI is InChI=1S/C13H16N2O/c1-3-9(2)15-13(16)10-4-5-11-7-14-8-12(11)6-10/h3-6,9,14H,1,7-8H2,2H3,(H,15,16). The van der Waals surface area contributed by atoms with Crippen molar-refractivity contribution in [3.63, 3.8) is 0 Å². The molecular formula is C13H16N2O. The second kappa shape index (κ2) is 4.49. The summed E-state index contributed by atoms with van der Waals surface area (Å²) in [5.41, 5.74) is 3.23. The molecule has 1 aliphatic rings. The monoisotopic (exact) mass is 216 g/mol. The van der Waals surface area contributed by atoms with E-state index in [4.69, 9.17) is 0 Å². The fourth-order valence-corrected chi connectivity index (χ4v) is 1.79. The number of fused-ring (bicyclic) bond motifs is 1. The van der Waals surface area contributed by atoms with E-state index in [1.807, 2.05) is 25.1 Å². The molecule has 0 aliphatic carbocycles. The van der Waals surface area contributed by atoms with Gasteiger partial charge in [-0.2, -0.15) is 0 Å². The molecule has 1 aromatic rings. The number of hydrogen-bond donors (Lipinski definition) is 2. The van der Waals surface area contributed by atoms with Crippen molar-refractivity contribution >= 4 is 5.91 Å². The highest BCUT2D eigenvalue weighted by atomic mass is 16.1. The summed E-state index contributed by atoms with van der Waals surface area (Å²) >= 11 is 0. The number of carbonyl (C=O) groups is 1. The lowest BCUT2D eigenvalue weighted by atomic mass is 10.1. The molecule has 0 aromatic heterocycles. The minimum atomic E-state index is -0.0397. The van der Waals surface area contributed by atoms with Gasteiger partial charge in [0.1, 0.15) is 0 Å². The lowest BCUT2D eigenvalue weighted by Crippen LogP contribution is -2.30. The second-order valence-corrected chi connectivity index (χ2v) is 4.08. The molecule has 84 valence electrons. The van der Waals surface area contributed by atoms with Gasteiger partial charge in [0.2, 0.25) is 0 Å². The van der Waals surface area contributed by atoms with Gasteiger partial charge in [-0.25, -0.2) is 0 Å². The zero-order valence-electron chi connectivity index (χ0n) is 9.42. The summed E-state index contributed by atoms with van der Waals surface area (Å²) in [6.45, 7) is 7.30. The largest absolute Gasteiger partial charge is 0.346 e. The summed E-state index contributed by atoms with van der Waals surface area (Å²) in [5, 5.41) is 6.12. The molecule has 1 aliphatic heterocycles. The summed E-state index contributed by atoms with van der Waals surface area (Å²) in [5.74, 6) is -0.0397. The fraction of sp³-hybridized carbons (Fsp3) is 0.308. The first-order chi connectivity index (χ1) is 7.70. The third kappa shape index (κ3) is 2.14. The third-order valence-corrected chi connectivity index (χ3v) is 2.81. The molecule has 1 aromatic carbocycles. The molecule has 0 saturated heterocycles. The smallest absolute Gasteiger partial charge is 0.251 e. The molecule has 2 rings (SSSR count). The first-order valence-corrected chi connectivity index (χ1v) is 5.46. The molecule has 3 heteroatoms. The Morgan fingerprint density at radius 3 is 3.00 bits per heavy atom. The first kappa shape index (κ1) is 10.9. The molecule has 1 heterocycles. The van der Waals surface area contributed by atoms with Gasteiger partial charge in [-0.15, -0.1) is 6.58 Å². The quantitative estimate of drug-likeness (QED) is 0.753. The predicted octanol–water partition coefficient (Wildman–Crippen LogP) is 1.59. The average Bonchev–Trinajstić information content (AvgIpc) is 2.75. The topological polar surface area (TPSA) is 41.1 Å². The van der Waals surface area contributed by atoms with E-state index in [1.165, 1.54) is 11.1 Å². The maximum Gasteiger partial charge on any atom is 0.251 e. The highest BCUT2D eigenvalue weighted by Crippen LogP contribution is 2.16. The van der Waals surface area contributed by atoms with Gasteiger partial charge in [0, 0.05) is 24.7 Å². The van der Waals surface area contributed by atoms with Crippen LogP contribution >= 0.6 is 0 Å². The molecule has 0 radical (unpaired) electrons. The summed E-state index contributed by atoms with van der Waals surface area (Å²) < 4.78 is 0. The molecule has 1 atom stereocenters. The summed E-state index contributed by atoms with van der Waals surface area (Å²) in [7, 11) is 0. The van der Waals surface area contributed by atoms with Crippen molar-refractivity contribution < 1.29 is 4.79 Å². The number of rotatable bonds is 3. The molecule has 0 bridgehead atoms. The van der Waals surface area contributed by atoms with Gasteiger partial charge in [0.15, 0.2) is 0 Å². The van der Waals surface area contributed by atoms with Crippen molar-refractivity contribution in [2.24, 2.45) is 0 Å². The lowest BCUT2D eigenvalue weighted by Gasteiger charge is -2.09. The molecule has 1 amide bonds. The molecule has 16 heavy (non-hydrogen) atoms. The van der Waals surface area contributed by atoms with Crippen LogP contribution in [0.5, 0.6) is 0 Å². The van der Waals surface area contributed by atoms with Crippen LogP contribution in [0.3, 0.4) is 0 Å². The van der Waals surface area contributed by atoms with E-state index in [1.54, 1.807) is 6.08 Å². The second-order valence-electron chi connectivity index (χ2n) is 4.08. The highest BCUT2D eigenvalue weighted by Gasteiger charge is 2.13. The Morgan fingerprint density at radius 1 is 1.50 bits per heavy atom. The Labute approximate surface area is 95.6 Å². The fourth-order valence-electron chi connectivity index (χ4n) is 1.79. The Hall–Kier alpha value is -1.61. The molecule has 3 nitrogen and oxygen atoms in total. The Kier molecular flexibility index (Phi) is 3.06. The van der Waals surface area contributed by atoms with E-state index in [0.29, 0.717) is 0 Å². The SMILES string of the molecule is C=CC(C)NC(=O)c1ccc2c(c1)CNC2. The summed E-state index contributed by atoms with van der Waals surface area (Å²) in [4.78, 5) is 11.8. The zero-order chi connectivity index (χ0) is 11.5. The van der Waals surface area contributed by atoms with Crippen LogP contribution in [0.4, 0.5) is 0 Å². The van der Waals surface area contributed by atoms with Gasteiger partial charge in [0.05, 0.1) is 0 Å². The van der Waals surface area contributed by atoms with Gasteiger partial charge >= 0.3 is 0 Å². The maximum atomic E-state index is 11.8. The van der Waals surface area contributed by atoms with Crippen molar-refractivity contribution in [3.8, 4) is 0 Å². The van der Waals surface area contributed by atoms with E-state index in [9.17, 15) is 4.79 Å². The van der Waals surface area contributed by atoms with Crippen molar-refractivity contribution in [1.29, 1.82) is 0 Å². The number of amides is 1. The normalized spacial score (nSPS) is 15.3. The number of hydrogen-bond acceptors (Lipinski definition) is 2. The van der Waals surface area contributed by atoms with Crippen molar-refractivity contribution in [3.05, 3.63) is 47.5 Å². The van der Waals surface area contributed by atoms with Crippen LogP contribution in [0, 0.1) is 0 Å². The Morgan fingerprint density at radius 2 is 2.25 bits per heavy atom. The third-order valence-electron chi connectivity index (χ3n) is 2.81. The van der Waals surface area contributed by atoms with Gasteiger partial charge in [-0.3, -0.25) is 4.79 Å². The maximum absolute atomic E-state index is 11.8. The Bertz CT molecular complexity index is 426. The van der Waals surface area contributed by atoms with Gasteiger partial charge < -0.3 is 10.6 Å². The molecule has 2 N–H and O–H groups in total. The molecule has 0 saturated carbocycles. The molecule has 0 spiro atoms. The van der Waals surface area contributed by atoms with Crippen LogP contribution in [0.25, 0.3) is 0 Å². The van der Waals surface area contributed by atoms with E-state index in [2.05, 4.69) is 17.2 Å². The zero-order valence-corrected chi connectivity index (χ0v) is 9.42. The highest BCUT2D eigenvalue weighted by molar-refractivity contribution is 5.94. The molecule has 1 unspecified atom stereocenters. The minimum absolute atomic E-state index is 0.00104. The van der Waals surface area contributed by atoms with E-state index in [-0.39, 0.29) is 11.9 Å². The molecule has 0 fully saturated rings. The van der Waals surface area contributed by atoms with E-state index >= 15 is 0 Å². The first-order valence-electron chi connectivity index (χ1n) is 5.46. The summed E-state index contributed by atoms with van der Waals surface area (Å²) in [6, 6.07) is 5.85. The van der Waals surface area contributed by atoms with Crippen molar-refractivity contribution in [1.82, 2.24) is 10.6 Å². The number of carbonyl (C=O) groups excluding carboxylic acids is 1. The van der Waals surface area contributed by atoms with Gasteiger partial charge in [-0.05, 0) is 30.2 Å².